The first-order valence-electron chi connectivity index (χ1n) is 26.2. The van der Waals surface area contributed by atoms with Gasteiger partial charge in [-0.2, -0.15) is 0 Å². The highest BCUT2D eigenvalue weighted by molar-refractivity contribution is 6.32. The Morgan fingerprint density at radius 3 is 1.81 bits per heavy atom. The summed E-state index contributed by atoms with van der Waals surface area (Å²) in [6.45, 7) is 30.3. The van der Waals surface area contributed by atoms with Gasteiger partial charge in [-0.1, -0.05) is 65.5 Å². The molecule has 2 N–H and O–H groups in total. The zero-order valence-corrected chi connectivity index (χ0v) is 44.5. The Kier molecular flexibility index (Phi) is 20.0. The number of carbonyl (C=O) groups excluding carboxylic acids is 5. The molecule has 0 aromatic rings. The fourth-order valence-corrected chi connectivity index (χ4v) is 12.2. The molecule has 0 bridgehead atoms. The second kappa shape index (κ2) is 23.9. The van der Waals surface area contributed by atoms with Crippen molar-refractivity contribution in [2.75, 3.05) is 39.3 Å². The molecule has 8 atom stereocenters. The summed E-state index contributed by atoms with van der Waals surface area (Å²) in [5, 5.41) is 5.49. The summed E-state index contributed by atoms with van der Waals surface area (Å²) in [6.07, 6.45) is 15.3. The van der Waals surface area contributed by atoms with Crippen molar-refractivity contribution in [3.05, 3.63) is 11.6 Å². The number of unbranched alkanes of at least 4 members (excludes halogenated alkanes) is 1. The van der Waals surface area contributed by atoms with Crippen LogP contribution in [0.1, 0.15) is 200 Å². The monoisotopic (exact) mass is 953 g/mol. The number of hydrogen-bond donors (Lipinski definition) is 2. The van der Waals surface area contributed by atoms with Gasteiger partial charge in [-0.05, 0) is 179 Å². The van der Waals surface area contributed by atoms with E-state index in [4.69, 9.17) is 18.9 Å². The van der Waals surface area contributed by atoms with Crippen molar-refractivity contribution in [1.29, 1.82) is 0 Å². The quantitative estimate of drug-likeness (QED) is 0.0423. The van der Waals surface area contributed by atoms with E-state index in [2.05, 4.69) is 51.3 Å². The van der Waals surface area contributed by atoms with Crippen LogP contribution in [0.5, 0.6) is 0 Å². The molecule has 0 radical (unpaired) electrons. The van der Waals surface area contributed by atoms with Crippen molar-refractivity contribution in [3.63, 3.8) is 0 Å². The summed E-state index contributed by atoms with van der Waals surface area (Å²) in [6, 6.07) is 0. The largest absolute Gasteiger partial charge is 0.455 e. The molecule has 4 rings (SSSR count). The van der Waals surface area contributed by atoms with Gasteiger partial charge in [0.2, 0.25) is 0 Å². The second-order valence-electron chi connectivity index (χ2n) is 24.6. The molecule has 0 spiro atoms. The molecule has 0 saturated heterocycles. The number of allylic oxidation sites excluding steroid dienone is 1. The lowest BCUT2D eigenvalue weighted by Crippen LogP contribution is -2.51. The molecule has 0 heterocycles. The van der Waals surface area contributed by atoms with Gasteiger partial charge in [0.1, 0.15) is 22.9 Å². The molecular formula is C54H104N4O9. The van der Waals surface area contributed by atoms with E-state index in [0.717, 1.165) is 42.9 Å². The molecule has 13 nitrogen and oxygen atoms in total. The third kappa shape index (κ3) is 16.9. The van der Waals surface area contributed by atoms with E-state index in [0.29, 0.717) is 69.0 Å². The number of carbonyl (C=O) groups is 5. The molecule has 3 saturated carbocycles. The Morgan fingerprint density at radius 1 is 0.687 bits per heavy atom. The predicted molar refractivity (Wildman–Crippen MR) is 275 cm³/mol. The van der Waals surface area contributed by atoms with Crippen molar-refractivity contribution in [3.8, 4) is 0 Å². The van der Waals surface area contributed by atoms with Crippen molar-refractivity contribution in [2.45, 2.75) is 216 Å². The maximum atomic E-state index is 14.0. The molecule has 3 fully saturated rings. The van der Waals surface area contributed by atoms with E-state index in [-0.39, 0.29) is 38.3 Å². The van der Waals surface area contributed by atoms with Gasteiger partial charge in [-0.15, -0.1) is 0 Å². The van der Waals surface area contributed by atoms with Crippen molar-refractivity contribution >= 4 is 30.2 Å². The first-order chi connectivity index (χ1) is 31.1. The first-order valence-corrected chi connectivity index (χ1v) is 26.2. The van der Waals surface area contributed by atoms with Crippen LogP contribution >= 0.6 is 0 Å². The number of fused-ring (bicyclic) bond motifs is 5. The van der Waals surface area contributed by atoms with Crippen molar-refractivity contribution in [1.82, 2.24) is 20.4 Å². The lowest BCUT2D eigenvalue weighted by atomic mass is 9.47. The number of rotatable bonds is 19. The summed E-state index contributed by atoms with van der Waals surface area (Å²) in [5.74, 6) is 2.94. The Labute approximate surface area is 413 Å². The fourth-order valence-electron chi connectivity index (χ4n) is 12.2. The Balaban J connectivity index is 0. The highest BCUT2D eigenvalue weighted by atomic mass is 16.6. The van der Waals surface area contributed by atoms with Crippen LogP contribution in [0.4, 0.5) is 14.4 Å². The Bertz CT molecular complexity index is 1720. The van der Waals surface area contributed by atoms with Crippen LogP contribution in [0.2, 0.25) is 0 Å². The first kappa shape index (κ1) is 56.1. The summed E-state index contributed by atoms with van der Waals surface area (Å²) in [5.41, 5.74) is -0.0442. The van der Waals surface area contributed by atoms with Crippen LogP contribution in [0.25, 0.3) is 0 Å². The number of alkyl carbamates (subject to hydrolysis) is 2. The molecule has 0 aromatic carbocycles. The van der Waals surface area contributed by atoms with Crippen molar-refractivity contribution < 1.29 is 50.1 Å². The summed E-state index contributed by atoms with van der Waals surface area (Å²) < 4.78 is 22.5. The van der Waals surface area contributed by atoms with Gasteiger partial charge < -0.3 is 39.4 Å². The Hall–Kier alpha value is -3.51. The van der Waals surface area contributed by atoms with Crippen LogP contribution in [-0.2, 0) is 28.5 Å². The summed E-state index contributed by atoms with van der Waals surface area (Å²) >= 11 is 0. The van der Waals surface area contributed by atoms with Crippen LogP contribution < -0.4 is 10.6 Å². The van der Waals surface area contributed by atoms with Gasteiger partial charge in [0.25, 0.3) is 0 Å². The number of hydrogen-bond acceptors (Lipinski definition) is 9. The topological polar surface area (TPSA) is 153 Å². The molecule has 394 valence electrons. The minimum atomic E-state index is -0.844. The van der Waals surface area contributed by atoms with Crippen molar-refractivity contribution in [2.24, 2.45) is 46.3 Å². The van der Waals surface area contributed by atoms with Gasteiger partial charge in [0, 0.05) is 52.8 Å². The van der Waals surface area contributed by atoms with E-state index < -0.39 is 47.0 Å². The van der Waals surface area contributed by atoms with Crippen LogP contribution in [0.3, 0.4) is 0 Å². The highest BCUT2D eigenvalue weighted by Crippen LogP contribution is 2.67. The van der Waals surface area contributed by atoms with Crippen LogP contribution in [0, 0.1) is 46.3 Å². The molecule has 4 amide bonds. The minimum absolute atomic E-state index is 0. The average Bonchev–Trinajstić information content (AvgIpc) is 3.56. The third-order valence-electron chi connectivity index (χ3n) is 15.3. The molecule has 4 aliphatic rings. The van der Waals surface area contributed by atoms with E-state index in [1.165, 1.54) is 55.4 Å². The zero-order valence-electron chi connectivity index (χ0n) is 44.5. The van der Waals surface area contributed by atoms with Gasteiger partial charge in [-0.25, -0.2) is 19.2 Å². The average molecular weight is 953 g/mol. The van der Waals surface area contributed by atoms with Gasteiger partial charge in [0.05, 0.1) is 0 Å². The minimum Gasteiger partial charge on any atom is -0.455 e. The lowest BCUT2D eigenvalue weighted by molar-refractivity contribution is -0.165. The number of amides is 4. The number of ether oxygens (including phenoxy) is 4. The second-order valence-corrected chi connectivity index (χ2v) is 24.6. The van der Waals surface area contributed by atoms with Gasteiger partial charge in [0.15, 0.2) is 0 Å². The molecular weight excluding hydrogens is 849 g/mol. The van der Waals surface area contributed by atoms with E-state index >= 15 is 0 Å². The lowest BCUT2D eigenvalue weighted by Gasteiger charge is -2.58. The highest BCUT2D eigenvalue weighted by Gasteiger charge is 2.59. The molecule has 13 heteroatoms. The maximum absolute atomic E-state index is 14.0. The van der Waals surface area contributed by atoms with E-state index in [1.54, 1.807) is 46.4 Å². The number of esters is 1. The van der Waals surface area contributed by atoms with E-state index in [1.807, 2.05) is 20.8 Å². The van der Waals surface area contributed by atoms with Crippen LogP contribution in [0.15, 0.2) is 11.6 Å². The third-order valence-corrected chi connectivity index (χ3v) is 15.3. The molecule has 4 aliphatic carbocycles. The van der Waals surface area contributed by atoms with Gasteiger partial charge >= 0.3 is 30.2 Å². The SMILES string of the molecule is CC(C)CCC[C@@H](C)C1CCC2[C@@H]3CC=C4C[C@@H](OC(=O)C(=O)N(CCCCN(CCCNC(=O)OC(C)(C)C)C(=O)OC(C)(C)C)CCCNC(=O)OC(C)(C)C)CC[C@]4(C)C3CC[C@@]21C.[HH].[HH].[HH].[HH].[HH]. The standard InChI is InChI=1S/C54H94N4O9.5H2/c1-37(2)20-17-21-38(3)42-24-25-43-41-23-22-39-36-40(26-28-53(39,13)44(41)27-29-54(42,43)14)64-46(60)45(59)57(34-18-30-55-47(61)65-50(4,5)6)32-15-16-33-58(49(63)67-52(10,11)12)35-19-31-56-48(62)66-51(7,8)9;;;;;/h22,37-38,40-44H,15-21,23-36H2,1-14H3,(H,55,61)(H,56,62);5*1H/t38-,40+,41+,42?,43?,44?,53+,54-;;;;;/m1...../s1. The predicted octanol–water partition coefficient (Wildman–Crippen LogP) is 12.8. The normalized spacial score (nSPS) is 26.5. The zero-order chi connectivity index (χ0) is 50.0. The van der Waals surface area contributed by atoms with E-state index in [9.17, 15) is 24.0 Å². The smallest absolute Gasteiger partial charge is 0.410 e. The molecule has 0 aromatic heterocycles. The fraction of sp³-hybridized carbons (Fsp3) is 0.870. The maximum Gasteiger partial charge on any atom is 0.410 e. The summed E-state index contributed by atoms with van der Waals surface area (Å²) in [7, 11) is 0. The number of nitrogens with zero attached hydrogens (tertiary/aromatic N) is 2. The molecule has 67 heavy (non-hydrogen) atoms. The Morgan fingerprint density at radius 2 is 1.24 bits per heavy atom. The number of nitrogens with one attached hydrogen (secondary N) is 2. The summed E-state index contributed by atoms with van der Waals surface area (Å²) in [4.78, 5) is 68.6. The van der Waals surface area contributed by atoms with Gasteiger partial charge in [-0.3, -0.25) is 4.79 Å². The molecule has 0 aliphatic heterocycles. The molecule has 3 unspecified atom stereocenters. The van der Waals surface area contributed by atoms with Crippen LogP contribution in [-0.4, -0.2) is 102 Å².